The lowest BCUT2D eigenvalue weighted by molar-refractivity contribution is -0.135. The van der Waals surface area contributed by atoms with E-state index in [0.717, 1.165) is 25.3 Å². The Labute approximate surface area is 144 Å². The van der Waals surface area contributed by atoms with Crippen LogP contribution in [0.5, 0.6) is 0 Å². The number of carbonyl (C=O) groups is 2. The number of esters is 1. The number of hydrogen-bond donors (Lipinski definition) is 2. The summed E-state index contributed by atoms with van der Waals surface area (Å²) in [7, 11) is 0. The topological polar surface area (TPSA) is 112 Å². The summed E-state index contributed by atoms with van der Waals surface area (Å²) in [6.07, 6.45) is 2.97. The summed E-state index contributed by atoms with van der Waals surface area (Å²) in [4.78, 5) is 52.8. The highest BCUT2D eigenvalue weighted by atomic mass is 16.5. The quantitative estimate of drug-likeness (QED) is 0.778. The van der Waals surface area contributed by atoms with Crippen molar-refractivity contribution in [3.8, 4) is 0 Å². The zero-order chi connectivity index (χ0) is 18.4. The van der Waals surface area contributed by atoms with E-state index in [1.165, 1.54) is 0 Å². The van der Waals surface area contributed by atoms with Crippen LogP contribution in [0.25, 0.3) is 0 Å². The molecule has 2 fully saturated rings. The molecule has 0 aromatic carbocycles. The lowest BCUT2D eigenvalue weighted by atomic mass is 9.65. The molecule has 0 spiro atoms. The Morgan fingerprint density at radius 2 is 1.96 bits per heavy atom. The number of nitrogens with zero attached hydrogens (tertiary/aromatic N) is 1. The molecule has 2 bridgehead atoms. The van der Waals surface area contributed by atoms with Gasteiger partial charge in [0.05, 0.1) is 0 Å². The number of ether oxygens (including phenoxy) is 1. The molecule has 1 aromatic rings. The maximum atomic E-state index is 12.5. The number of aromatic nitrogens is 2. The summed E-state index contributed by atoms with van der Waals surface area (Å²) >= 11 is 0. The molecule has 25 heavy (non-hydrogen) atoms. The Hall–Kier alpha value is -2.38. The van der Waals surface area contributed by atoms with Crippen molar-refractivity contribution in [2.75, 3.05) is 13.2 Å². The fourth-order valence-corrected chi connectivity index (χ4v) is 4.62. The van der Waals surface area contributed by atoms with Crippen molar-refractivity contribution in [1.82, 2.24) is 14.9 Å². The van der Waals surface area contributed by atoms with Gasteiger partial charge in [-0.25, -0.2) is 9.59 Å². The number of fused-ring (bicyclic) bond motifs is 2. The van der Waals surface area contributed by atoms with E-state index in [1.807, 2.05) is 9.88 Å². The number of nitrogens with one attached hydrogen (secondary N) is 2. The van der Waals surface area contributed by atoms with Gasteiger partial charge in [-0.3, -0.25) is 14.6 Å². The Balaban J connectivity index is 1.64. The third-order valence-corrected chi connectivity index (χ3v) is 5.04. The SMILES string of the molecule is CC1(C)C[C@@H]2C[C@@](C)(CN2C(=O)COC(=O)c2cc(=O)[nH]c(=O)[nH]2)C1. The molecule has 0 unspecified atom stereocenters. The van der Waals surface area contributed by atoms with Crippen LogP contribution in [0.15, 0.2) is 15.7 Å². The monoisotopic (exact) mass is 349 g/mol. The molecule has 2 aliphatic rings. The van der Waals surface area contributed by atoms with Crippen molar-refractivity contribution >= 4 is 11.9 Å². The molecule has 8 nitrogen and oxygen atoms in total. The van der Waals surface area contributed by atoms with Crippen molar-refractivity contribution in [1.29, 1.82) is 0 Å². The summed E-state index contributed by atoms with van der Waals surface area (Å²) < 4.78 is 4.99. The molecule has 136 valence electrons. The highest BCUT2D eigenvalue weighted by Gasteiger charge is 2.50. The largest absolute Gasteiger partial charge is 0.451 e. The first-order valence-corrected chi connectivity index (χ1v) is 8.37. The molecule has 1 saturated heterocycles. The lowest BCUT2D eigenvalue weighted by Crippen LogP contribution is -2.40. The third kappa shape index (κ3) is 3.67. The van der Waals surface area contributed by atoms with Gasteiger partial charge in [0.25, 0.3) is 11.5 Å². The zero-order valence-corrected chi connectivity index (χ0v) is 14.7. The minimum atomic E-state index is -0.898. The summed E-state index contributed by atoms with van der Waals surface area (Å²) in [5.41, 5.74) is -1.48. The number of rotatable bonds is 3. The van der Waals surface area contributed by atoms with Crippen molar-refractivity contribution in [2.45, 2.75) is 46.1 Å². The van der Waals surface area contributed by atoms with E-state index < -0.39 is 23.8 Å². The van der Waals surface area contributed by atoms with E-state index in [-0.39, 0.29) is 28.5 Å². The summed E-state index contributed by atoms with van der Waals surface area (Å²) in [5.74, 6) is -1.14. The molecular weight excluding hydrogens is 326 g/mol. The van der Waals surface area contributed by atoms with E-state index in [0.29, 0.717) is 6.54 Å². The van der Waals surface area contributed by atoms with Crippen LogP contribution in [0.3, 0.4) is 0 Å². The van der Waals surface area contributed by atoms with Gasteiger partial charge in [0, 0.05) is 18.7 Å². The van der Waals surface area contributed by atoms with E-state index in [4.69, 9.17) is 4.74 Å². The normalized spacial score (nSPS) is 27.2. The van der Waals surface area contributed by atoms with Gasteiger partial charge in [-0.05, 0) is 30.1 Å². The van der Waals surface area contributed by atoms with E-state index >= 15 is 0 Å². The standard InChI is InChI=1S/C17H23N3O5/c1-16(2)5-10-6-17(3,8-16)9-20(10)13(22)7-25-14(23)11-4-12(21)19-15(24)18-11/h4,10H,5-9H2,1-3H3,(H2,18,19,21,24)/t10-,17-/m1/s1. The fraction of sp³-hybridized carbons (Fsp3) is 0.647. The molecule has 2 atom stereocenters. The Morgan fingerprint density at radius 1 is 1.24 bits per heavy atom. The highest BCUT2D eigenvalue weighted by Crippen LogP contribution is 2.52. The second-order valence-corrected chi connectivity index (χ2v) is 8.31. The van der Waals surface area contributed by atoms with Crippen LogP contribution >= 0.6 is 0 Å². The van der Waals surface area contributed by atoms with E-state index in [1.54, 1.807) is 0 Å². The van der Waals surface area contributed by atoms with Crippen molar-refractivity contribution < 1.29 is 14.3 Å². The van der Waals surface area contributed by atoms with Gasteiger partial charge in [0.2, 0.25) is 0 Å². The van der Waals surface area contributed by atoms with Crippen LogP contribution in [0.2, 0.25) is 0 Å². The molecule has 1 saturated carbocycles. The van der Waals surface area contributed by atoms with Gasteiger partial charge in [-0.15, -0.1) is 0 Å². The Morgan fingerprint density at radius 3 is 2.64 bits per heavy atom. The average molecular weight is 349 g/mol. The van der Waals surface area contributed by atoms with Gasteiger partial charge in [-0.2, -0.15) is 0 Å². The minimum Gasteiger partial charge on any atom is -0.451 e. The van der Waals surface area contributed by atoms with Crippen molar-refractivity contribution in [3.63, 3.8) is 0 Å². The molecule has 1 aromatic heterocycles. The smallest absolute Gasteiger partial charge is 0.355 e. The first-order valence-electron chi connectivity index (χ1n) is 8.37. The number of likely N-dealkylation sites (tertiary alicyclic amines) is 1. The zero-order valence-electron chi connectivity index (χ0n) is 14.7. The molecule has 8 heteroatoms. The number of hydrogen-bond acceptors (Lipinski definition) is 5. The lowest BCUT2D eigenvalue weighted by Gasteiger charge is -2.39. The van der Waals surface area contributed by atoms with E-state index in [9.17, 15) is 19.2 Å². The fourth-order valence-electron chi connectivity index (χ4n) is 4.62. The second kappa shape index (κ2) is 5.86. The number of aromatic amines is 2. The number of amides is 1. The minimum absolute atomic E-state index is 0.101. The summed E-state index contributed by atoms with van der Waals surface area (Å²) in [5, 5.41) is 0. The third-order valence-electron chi connectivity index (χ3n) is 5.04. The molecule has 1 aliphatic heterocycles. The van der Waals surface area contributed by atoms with Gasteiger partial charge in [0.1, 0.15) is 5.69 Å². The van der Waals surface area contributed by atoms with Crippen molar-refractivity contribution in [2.24, 2.45) is 10.8 Å². The first-order chi connectivity index (χ1) is 11.6. The van der Waals surface area contributed by atoms with Gasteiger partial charge >= 0.3 is 11.7 Å². The van der Waals surface area contributed by atoms with Crippen LogP contribution in [0.4, 0.5) is 0 Å². The Bertz CT molecular complexity index is 796. The van der Waals surface area contributed by atoms with Crippen LogP contribution in [-0.4, -0.2) is 45.9 Å². The van der Waals surface area contributed by atoms with Crippen LogP contribution in [0, 0.1) is 10.8 Å². The molecule has 1 aliphatic carbocycles. The highest BCUT2D eigenvalue weighted by molar-refractivity contribution is 5.89. The molecule has 1 amide bonds. The molecular formula is C17H23N3O5. The van der Waals surface area contributed by atoms with Gasteiger partial charge in [-0.1, -0.05) is 20.8 Å². The maximum absolute atomic E-state index is 12.5. The predicted octanol–water partition coefficient (Wildman–Crippen LogP) is 0.647. The van der Waals surface area contributed by atoms with Crippen LogP contribution in [0.1, 0.15) is 50.5 Å². The molecule has 0 radical (unpaired) electrons. The van der Waals surface area contributed by atoms with Crippen LogP contribution in [-0.2, 0) is 9.53 Å². The average Bonchev–Trinajstić information content (AvgIpc) is 2.72. The molecule has 3 rings (SSSR count). The predicted molar refractivity (Wildman–Crippen MR) is 89.2 cm³/mol. The second-order valence-electron chi connectivity index (χ2n) is 8.31. The van der Waals surface area contributed by atoms with Gasteiger partial charge in [0.15, 0.2) is 6.61 Å². The van der Waals surface area contributed by atoms with Crippen LogP contribution < -0.4 is 11.2 Å². The molecule has 2 heterocycles. The number of carbonyl (C=O) groups excluding carboxylic acids is 2. The number of H-pyrrole nitrogens is 2. The van der Waals surface area contributed by atoms with Crippen molar-refractivity contribution in [3.05, 3.63) is 32.6 Å². The first kappa shape index (κ1) is 17.4. The summed E-state index contributed by atoms with van der Waals surface area (Å²) in [6.45, 7) is 6.89. The molecule has 2 N–H and O–H groups in total. The van der Waals surface area contributed by atoms with Gasteiger partial charge < -0.3 is 14.6 Å². The maximum Gasteiger partial charge on any atom is 0.355 e. The van der Waals surface area contributed by atoms with E-state index in [2.05, 4.69) is 25.8 Å². The summed E-state index contributed by atoms with van der Waals surface area (Å²) in [6, 6.07) is 1.10. The Kier molecular flexibility index (Phi) is 4.09.